The second-order valence-corrected chi connectivity index (χ2v) is 3.01. The fourth-order valence-corrected chi connectivity index (χ4v) is 1.31. The van der Waals surface area contributed by atoms with Gasteiger partial charge in [0.15, 0.2) is 0 Å². The molecule has 0 saturated heterocycles. The lowest BCUT2D eigenvalue weighted by atomic mass is 10.1. The number of hydrogen-bond acceptors (Lipinski definition) is 3. The van der Waals surface area contributed by atoms with Crippen LogP contribution in [0.25, 0.3) is 0 Å². The van der Waals surface area contributed by atoms with Crippen molar-refractivity contribution in [3.8, 4) is 11.5 Å². The first-order valence-electron chi connectivity index (χ1n) is 4.36. The summed E-state index contributed by atoms with van der Waals surface area (Å²) < 4.78 is 47.7. The molecule has 1 N–H and O–H groups in total. The van der Waals surface area contributed by atoms with Crippen LogP contribution in [-0.2, 0) is 5.85 Å². The minimum absolute atomic E-state index is 0.204. The number of hydrogen-bond donors (Lipinski definition) is 1. The molecule has 1 aromatic rings. The van der Waals surface area contributed by atoms with E-state index in [1.54, 1.807) is 0 Å². The number of halogens is 3. The summed E-state index contributed by atoms with van der Waals surface area (Å²) in [5.74, 6) is -4.22. The number of ether oxygens (including phenoxy) is 2. The molecule has 0 aliphatic rings. The van der Waals surface area contributed by atoms with Crippen molar-refractivity contribution in [3.63, 3.8) is 0 Å². The molecule has 90 valence electrons. The van der Waals surface area contributed by atoms with Gasteiger partial charge in [0, 0.05) is 0 Å². The van der Waals surface area contributed by atoms with E-state index >= 15 is 0 Å². The highest BCUT2D eigenvalue weighted by Crippen LogP contribution is 2.41. The summed E-state index contributed by atoms with van der Waals surface area (Å²) in [6.45, 7) is 0. The maximum atomic E-state index is 13.5. The Hall–Kier alpha value is -1.43. The van der Waals surface area contributed by atoms with Crippen LogP contribution in [0.2, 0.25) is 0 Å². The summed E-state index contributed by atoms with van der Waals surface area (Å²) in [4.78, 5) is 0. The van der Waals surface area contributed by atoms with Crippen LogP contribution in [0.1, 0.15) is 5.56 Å². The van der Waals surface area contributed by atoms with Crippen molar-refractivity contribution in [2.45, 2.75) is 12.3 Å². The van der Waals surface area contributed by atoms with Gasteiger partial charge in [-0.05, 0) is 12.1 Å². The molecule has 1 rings (SSSR count). The van der Waals surface area contributed by atoms with Gasteiger partial charge in [-0.2, -0.15) is 0 Å². The molecule has 1 atom stereocenters. The maximum Gasteiger partial charge on any atom is 0.301 e. The Labute approximate surface area is 90.4 Å². The molecule has 1 aromatic carbocycles. The van der Waals surface area contributed by atoms with Crippen LogP contribution in [0.15, 0.2) is 18.2 Å². The standard InChI is InChI=1S/C10H11F3O3/c1-15-6-4-3-5-7(16-2)8(6)10(13,14)9(11)12/h3-5,9,14H,1-2H3. The highest BCUT2D eigenvalue weighted by Gasteiger charge is 2.44. The highest BCUT2D eigenvalue weighted by atomic mass is 19.3. The number of alkyl halides is 3. The van der Waals surface area contributed by atoms with Gasteiger partial charge in [-0.1, -0.05) is 6.07 Å². The molecule has 0 heterocycles. The maximum absolute atomic E-state index is 13.5. The van der Waals surface area contributed by atoms with E-state index in [0.717, 1.165) is 0 Å². The van der Waals surface area contributed by atoms with Crippen molar-refractivity contribution >= 4 is 0 Å². The smallest absolute Gasteiger partial charge is 0.301 e. The Morgan fingerprint density at radius 3 is 1.94 bits per heavy atom. The predicted octanol–water partition coefficient (Wildman–Crippen LogP) is 2.08. The van der Waals surface area contributed by atoms with E-state index in [1.807, 2.05) is 0 Å². The van der Waals surface area contributed by atoms with Gasteiger partial charge >= 0.3 is 12.3 Å². The van der Waals surface area contributed by atoms with Gasteiger partial charge in [0.05, 0.1) is 14.2 Å². The van der Waals surface area contributed by atoms with Gasteiger partial charge in [-0.25, -0.2) is 13.2 Å². The Morgan fingerprint density at radius 2 is 1.62 bits per heavy atom. The van der Waals surface area contributed by atoms with Gasteiger partial charge in [-0.15, -0.1) is 0 Å². The van der Waals surface area contributed by atoms with E-state index in [9.17, 15) is 13.2 Å². The monoisotopic (exact) mass is 236 g/mol. The van der Waals surface area contributed by atoms with E-state index in [4.69, 9.17) is 14.6 Å². The first kappa shape index (κ1) is 12.6. The lowest BCUT2D eigenvalue weighted by Gasteiger charge is -2.22. The number of aliphatic hydroxyl groups is 1. The molecule has 3 nitrogen and oxygen atoms in total. The van der Waals surface area contributed by atoms with Crippen molar-refractivity contribution in [3.05, 3.63) is 23.8 Å². The molecular weight excluding hydrogens is 225 g/mol. The second kappa shape index (κ2) is 4.61. The molecule has 0 radical (unpaired) electrons. The third-order valence-corrected chi connectivity index (χ3v) is 2.07. The second-order valence-electron chi connectivity index (χ2n) is 3.01. The number of benzene rings is 1. The summed E-state index contributed by atoms with van der Waals surface area (Å²) in [5.41, 5.74) is -0.713. The third-order valence-electron chi connectivity index (χ3n) is 2.07. The molecule has 0 aliphatic carbocycles. The topological polar surface area (TPSA) is 38.7 Å². The Morgan fingerprint density at radius 1 is 1.19 bits per heavy atom. The van der Waals surface area contributed by atoms with E-state index in [1.165, 1.54) is 32.4 Å². The molecule has 16 heavy (non-hydrogen) atoms. The minimum atomic E-state index is -3.81. The van der Waals surface area contributed by atoms with Crippen molar-refractivity contribution in [2.75, 3.05) is 14.2 Å². The first-order chi connectivity index (χ1) is 7.45. The largest absolute Gasteiger partial charge is 0.496 e. The Bertz CT molecular complexity index is 344. The van der Waals surface area contributed by atoms with Gasteiger partial charge in [0.2, 0.25) is 0 Å². The SMILES string of the molecule is COc1cccc(OC)c1C(O)(F)C(F)F. The normalized spacial score (nSPS) is 14.7. The van der Waals surface area contributed by atoms with Crippen LogP contribution in [0.5, 0.6) is 11.5 Å². The van der Waals surface area contributed by atoms with Crippen LogP contribution >= 0.6 is 0 Å². The molecule has 0 bridgehead atoms. The molecule has 0 aliphatic heterocycles. The van der Waals surface area contributed by atoms with Crippen LogP contribution in [-0.4, -0.2) is 25.8 Å². The highest BCUT2D eigenvalue weighted by molar-refractivity contribution is 5.47. The number of methoxy groups -OCH3 is 2. The quantitative estimate of drug-likeness (QED) is 0.869. The van der Waals surface area contributed by atoms with Crippen molar-refractivity contribution in [1.29, 1.82) is 0 Å². The lowest BCUT2D eigenvalue weighted by molar-refractivity contribution is -0.195. The van der Waals surface area contributed by atoms with Crippen LogP contribution in [0.3, 0.4) is 0 Å². The van der Waals surface area contributed by atoms with E-state index in [0.29, 0.717) is 0 Å². The van der Waals surface area contributed by atoms with Crippen LogP contribution < -0.4 is 9.47 Å². The number of rotatable bonds is 4. The molecule has 1 unspecified atom stereocenters. The summed E-state index contributed by atoms with van der Waals surface area (Å²) in [7, 11) is 2.36. The van der Waals surface area contributed by atoms with Gasteiger partial charge in [0.25, 0.3) is 0 Å². The molecule has 0 spiro atoms. The Kier molecular flexibility index (Phi) is 3.64. The van der Waals surface area contributed by atoms with Gasteiger partial charge < -0.3 is 14.6 Å². The average Bonchev–Trinajstić information content (AvgIpc) is 2.27. The summed E-state index contributed by atoms with van der Waals surface area (Å²) in [6, 6.07) is 3.94. The fraction of sp³-hybridized carbons (Fsp3) is 0.400. The van der Waals surface area contributed by atoms with Crippen LogP contribution in [0.4, 0.5) is 13.2 Å². The first-order valence-corrected chi connectivity index (χ1v) is 4.36. The van der Waals surface area contributed by atoms with Crippen molar-refractivity contribution in [2.24, 2.45) is 0 Å². The molecule has 6 heteroatoms. The summed E-state index contributed by atoms with van der Waals surface area (Å²) >= 11 is 0. The minimum Gasteiger partial charge on any atom is -0.496 e. The zero-order valence-corrected chi connectivity index (χ0v) is 8.71. The van der Waals surface area contributed by atoms with Gasteiger partial charge in [-0.3, -0.25) is 0 Å². The summed E-state index contributed by atoms with van der Waals surface area (Å²) in [5, 5.41) is 9.11. The third kappa shape index (κ3) is 2.06. The molecule has 0 aromatic heterocycles. The zero-order chi connectivity index (χ0) is 12.3. The van der Waals surface area contributed by atoms with E-state index in [-0.39, 0.29) is 11.5 Å². The van der Waals surface area contributed by atoms with E-state index < -0.39 is 17.8 Å². The molecule has 0 saturated carbocycles. The zero-order valence-electron chi connectivity index (χ0n) is 8.71. The average molecular weight is 236 g/mol. The van der Waals surface area contributed by atoms with Gasteiger partial charge in [0.1, 0.15) is 17.1 Å². The molecular formula is C10H11F3O3. The predicted molar refractivity (Wildman–Crippen MR) is 50.6 cm³/mol. The van der Waals surface area contributed by atoms with Crippen molar-refractivity contribution in [1.82, 2.24) is 0 Å². The molecule has 0 amide bonds. The summed E-state index contributed by atoms with van der Waals surface area (Å²) in [6.07, 6.45) is -3.60. The van der Waals surface area contributed by atoms with Crippen molar-refractivity contribution < 1.29 is 27.8 Å². The van der Waals surface area contributed by atoms with Crippen LogP contribution in [0, 0.1) is 0 Å². The van der Waals surface area contributed by atoms with E-state index in [2.05, 4.69) is 0 Å². The Balaban J connectivity index is 3.39. The molecule has 0 fully saturated rings. The lowest BCUT2D eigenvalue weighted by Crippen LogP contribution is -2.29. The fourth-order valence-electron chi connectivity index (χ4n) is 1.31.